The summed E-state index contributed by atoms with van der Waals surface area (Å²) in [4.78, 5) is 0. The summed E-state index contributed by atoms with van der Waals surface area (Å²) < 4.78 is 23.1. The van der Waals surface area contributed by atoms with Gasteiger partial charge in [0.25, 0.3) is 0 Å². The van der Waals surface area contributed by atoms with E-state index < -0.39 is 11.0 Å². The Morgan fingerprint density at radius 3 is 2.37 bits per heavy atom. The second-order valence-electron chi connectivity index (χ2n) is 16.3. The Kier molecular flexibility index (Phi) is 7.81. The molecule has 0 saturated heterocycles. The van der Waals surface area contributed by atoms with Crippen molar-refractivity contribution in [2.45, 2.75) is 116 Å². The van der Waals surface area contributed by atoms with Crippen molar-refractivity contribution >= 4 is 17.0 Å². The van der Waals surface area contributed by atoms with Gasteiger partial charge in [-0.2, -0.15) is 14.2 Å². The summed E-state index contributed by atoms with van der Waals surface area (Å²) >= 11 is 0. The van der Waals surface area contributed by atoms with E-state index in [1.54, 1.807) is 6.07 Å². The maximum Gasteiger partial charge on any atom is 0.236 e. The topological polar surface area (TPSA) is 25.6 Å². The molecule has 0 radical (unpaired) electrons. The van der Waals surface area contributed by atoms with Crippen LogP contribution in [0.3, 0.4) is 0 Å². The summed E-state index contributed by atoms with van der Waals surface area (Å²) in [6.45, 7) is 20.3. The second kappa shape index (κ2) is 11.5. The summed E-state index contributed by atoms with van der Waals surface area (Å²) in [5.74, 6) is -0.106. The van der Waals surface area contributed by atoms with Gasteiger partial charge < -0.3 is 0 Å². The Hall–Kier alpha value is -4.12. The van der Waals surface area contributed by atoms with Crippen LogP contribution in [0.5, 0.6) is 0 Å². The van der Waals surface area contributed by atoms with Crippen LogP contribution in [0.2, 0.25) is 0 Å². The van der Waals surface area contributed by atoms with Gasteiger partial charge in [-0.05, 0) is 66.5 Å². The van der Waals surface area contributed by atoms with Crippen LogP contribution in [-0.4, -0.2) is 9.78 Å². The number of hydrogen-bond acceptors (Lipinski definition) is 1. The quantitative estimate of drug-likeness (QED) is 0.153. The maximum absolute atomic E-state index is 16.4. The third-order valence-electron chi connectivity index (χ3n) is 12.2. The van der Waals surface area contributed by atoms with E-state index in [2.05, 4.69) is 145 Å². The van der Waals surface area contributed by atoms with Gasteiger partial charge in [-0.25, -0.2) is 4.39 Å². The highest BCUT2D eigenvalue weighted by atomic mass is 19.1. The summed E-state index contributed by atoms with van der Waals surface area (Å²) in [5, 5.41) is 7.42. The summed E-state index contributed by atoms with van der Waals surface area (Å²) in [7, 11) is 2.03. The lowest BCUT2D eigenvalue weighted by Crippen LogP contribution is -2.69. The fourth-order valence-corrected chi connectivity index (χ4v) is 9.12. The van der Waals surface area contributed by atoms with E-state index in [0.29, 0.717) is 0 Å². The van der Waals surface area contributed by atoms with Crippen molar-refractivity contribution in [2.24, 2.45) is 7.05 Å². The molecule has 2 unspecified atom stereocenters. The van der Waals surface area contributed by atoms with Crippen LogP contribution in [0.15, 0.2) is 73.1 Å². The van der Waals surface area contributed by atoms with E-state index in [1.165, 1.54) is 27.5 Å². The van der Waals surface area contributed by atoms with Gasteiger partial charge in [0.2, 0.25) is 16.9 Å². The Morgan fingerprint density at radius 1 is 0.918 bits per heavy atom. The molecular weight excluding hydrogens is 604 g/mol. The second-order valence-corrected chi connectivity index (χ2v) is 16.3. The van der Waals surface area contributed by atoms with Gasteiger partial charge in [0.1, 0.15) is 11.5 Å². The number of allylic oxidation sites excluding steroid dienone is 1. The smallest absolute Gasteiger partial charge is 0.236 e. The predicted octanol–water partition coefficient (Wildman–Crippen LogP) is 9.86. The molecule has 1 aliphatic carbocycles. The number of aryl methyl sites for hydroxylation is 2. The van der Waals surface area contributed by atoms with E-state index in [1.807, 2.05) is 11.7 Å². The van der Waals surface area contributed by atoms with Gasteiger partial charge in [0, 0.05) is 48.1 Å². The number of halogens is 1. The lowest BCUT2D eigenvalue weighted by Gasteiger charge is -2.49. The summed E-state index contributed by atoms with van der Waals surface area (Å²) in [5.41, 5.74) is 8.92. The molecule has 2 atom stereocenters. The van der Waals surface area contributed by atoms with Gasteiger partial charge >= 0.3 is 0 Å². The number of nitrogens with zero attached hydrogens (tertiary/aromatic N) is 4. The molecule has 0 amide bonds. The molecule has 0 fully saturated rings. The van der Waals surface area contributed by atoms with Crippen LogP contribution in [0.25, 0.3) is 39.6 Å². The fraction of sp³-hybridized carbons (Fsp3) is 0.432. The lowest BCUT2D eigenvalue weighted by molar-refractivity contribution is -0.755. The van der Waals surface area contributed by atoms with Crippen LogP contribution >= 0.6 is 0 Å². The molecular formula is C44H53FN4+2. The number of rotatable bonds is 8. The van der Waals surface area contributed by atoms with Gasteiger partial charge in [-0.15, -0.1) is 0 Å². The molecule has 5 aromatic rings. The molecule has 4 nitrogen and oxygen atoms in total. The van der Waals surface area contributed by atoms with Crippen LogP contribution in [0.1, 0.15) is 116 Å². The van der Waals surface area contributed by atoms with Gasteiger partial charge in [0.15, 0.2) is 18.6 Å². The summed E-state index contributed by atoms with van der Waals surface area (Å²) in [6, 6.07) is 19.5. The number of hydrogen-bond donors (Lipinski definition) is 0. The van der Waals surface area contributed by atoms with Crippen LogP contribution in [0.4, 0.5) is 4.39 Å². The Labute approximate surface area is 292 Å². The molecule has 5 heteroatoms. The molecule has 2 aliphatic rings. The van der Waals surface area contributed by atoms with E-state index in [0.717, 1.165) is 66.0 Å². The number of unbranched alkanes of at least 4 members (excludes halogenated alkanes) is 1. The average molecular weight is 657 g/mol. The molecule has 3 aromatic heterocycles. The van der Waals surface area contributed by atoms with Crippen LogP contribution in [0, 0.1) is 5.82 Å². The maximum atomic E-state index is 16.4. The van der Waals surface area contributed by atoms with E-state index in [9.17, 15) is 0 Å². The molecule has 2 aromatic carbocycles. The largest absolute Gasteiger partial charge is 0.262 e. The highest BCUT2D eigenvalue weighted by molar-refractivity contribution is 6.01. The standard InChI is InChI=1S/C44H53FN4/c1-11-14-17-29-26-30-21-24-49-40-37(30)32(27-29)42(7,8)39-33(45)20-19-31(38(39)40)43(9,12-2)44(49,13-3)22-25-48-23-16-15-18-34(48)35-28-36(41(4,5)6)46-47(35)10/h15-16,18-28H,11-14,17H2,1-10H3/q+2. The van der Waals surface area contributed by atoms with Gasteiger partial charge in [-0.3, -0.25) is 4.68 Å². The molecule has 0 saturated carbocycles. The first-order valence-electron chi connectivity index (χ1n) is 18.3. The van der Waals surface area contributed by atoms with Crippen molar-refractivity contribution < 1.29 is 13.5 Å². The number of pyridine rings is 2. The first-order chi connectivity index (χ1) is 23.2. The Bertz CT molecular complexity index is 2140. The molecule has 0 spiro atoms. The Morgan fingerprint density at radius 2 is 1.69 bits per heavy atom. The minimum Gasteiger partial charge on any atom is -0.262 e. The van der Waals surface area contributed by atoms with Gasteiger partial charge in [0.05, 0.1) is 28.1 Å². The molecule has 49 heavy (non-hydrogen) atoms. The number of benzene rings is 2. The first kappa shape index (κ1) is 33.4. The van der Waals surface area contributed by atoms with Crippen molar-refractivity contribution in [1.82, 2.24) is 9.78 Å². The van der Waals surface area contributed by atoms with Crippen LogP contribution < -0.4 is 9.13 Å². The van der Waals surface area contributed by atoms with E-state index in [4.69, 9.17) is 5.10 Å². The third-order valence-corrected chi connectivity index (χ3v) is 12.2. The number of aromatic nitrogens is 4. The monoisotopic (exact) mass is 656 g/mol. The molecule has 0 N–H and O–H groups in total. The van der Waals surface area contributed by atoms with Crippen molar-refractivity contribution in [3.8, 4) is 22.6 Å². The van der Waals surface area contributed by atoms with Crippen molar-refractivity contribution in [1.29, 1.82) is 0 Å². The zero-order valence-corrected chi connectivity index (χ0v) is 31.2. The lowest BCUT2D eigenvalue weighted by atomic mass is 9.56. The van der Waals surface area contributed by atoms with E-state index in [-0.39, 0.29) is 16.6 Å². The van der Waals surface area contributed by atoms with Crippen molar-refractivity contribution in [3.05, 3.63) is 107 Å². The third kappa shape index (κ3) is 4.71. The Balaban J connectivity index is 1.51. The normalized spacial score (nSPS) is 20.8. The zero-order valence-electron chi connectivity index (χ0n) is 31.2. The minimum atomic E-state index is -0.470. The molecule has 4 heterocycles. The molecule has 7 rings (SSSR count). The molecule has 0 bridgehead atoms. The first-order valence-corrected chi connectivity index (χ1v) is 18.3. The predicted molar refractivity (Wildman–Crippen MR) is 199 cm³/mol. The SMILES string of the molecule is CCCCc1cc2c3c4[n+](ccc3c1)C(C=C[n+]1ccccc1-c1cc(C(C)(C)C)nn1C)(CC)C(C)(CC)c1ccc(F)c(c1-4)C2(C)C. The summed E-state index contributed by atoms with van der Waals surface area (Å²) in [6.07, 6.45) is 14.2. The van der Waals surface area contributed by atoms with Gasteiger partial charge in [-0.1, -0.05) is 80.0 Å². The minimum absolute atomic E-state index is 0.0488. The fourth-order valence-electron chi connectivity index (χ4n) is 9.12. The highest BCUT2D eigenvalue weighted by Gasteiger charge is 2.61. The highest BCUT2D eigenvalue weighted by Crippen LogP contribution is 2.58. The van der Waals surface area contributed by atoms with Crippen LogP contribution in [-0.2, 0) is 35.3 Å². The van der Waals surface area contributed by atoms with Crippen molar-refractivity contribution in [3.63, 3.8) is 0 Å². The molecule has 1 aliphatic heterocycles. The average Bonchev–Trinajstić information content (AvgIpc) is 3.48. The van der Waals surface area contributed by atoms with E-state index >= 15 is 4.39 Å². The molecule has 254 valence electrons. The zero-order chi connectivity index (χ0) is 35.1. The van der Waals surface area contributed by atoms with Crippen molar-refractivity contribution in [2.75, 3.05) is 0 Å².